The first-order valence-corrected chi connectivity index (χ1v) is 7.15. The Balaban J connectivity index is 1.99. The molecule has 3 saturated heterocycles. The van der Waals surface area contributed by atoms with Crippen LogP contribution >= 0.6 is 11.6 Å². The lowest BCUT2D eigenvalue weighted by atomic mass is 9.80. The Morgan fingerprint density at radius 3 is 1.81 bits per heavy atom. The van der Waals surface area contributed by atoms with Crippen LogP contribution in [0.15, 0.2) is 0 Å². The third-order valence-corrected chi connectivity index (χ3v) is 5.06. The first kappa shape index (κ1) is 15.0. The second-order valence-electron chi connectivity index (χ2n) is 5.78. The molecule has 1 aromatic carbocycles. The lowest BCUT2D eigenvalue weighted by molar-refractivity contribution is 0.0222. The van der Waals surface area contributed by atoms with Crippen LogP contribution in [0.3, 0.4) is 0 Å². The number of rotatable bonds is 2. The molecule has 0 saturated carbocycles. The highest BCUT2D eigenvalue weighted by Crippen LogP contribution is 2.44. The Morgan fingerprint density at radius 2 is 1.38 bits per heavy atom. The van der Waals surface area contributed by atoms with E-state index in [2.05, 4.69) is 0 Å². The van der Waals surface area contributed by atoms with E-state index in [9.17, 15) is 22.0 Å². The molecule has 1 nitrogen and oxygen atoms in total. The number of fused-ring (bicyclic) bond motifs is 3. The fourth-order valence-electron chi connectivity index (χ4n) is 3.37. The van der Waals surface area contributed by atoms with Crippen molar-refractivity contribution in [3.05, 3.63) is 34.6 Å². The van der Waals surface area contributed by atoms with E-state index in [-0.39, 0.29) is 0 Å². The molecule has 1 aromatic rings. The number of benzene rings is 1. The second kappa shape index (κ2) is 5.09. The quantitative estimate of drug-likeness (QED) is 0.261. The summed E-state index contributed by atoms with van der Waals surface area (Å²) in [6.07, 6.45) is 2.00. The van der Waals surface area contributed by atoms with Gasteiger partial charge in [-0.3, -0.25) is 4.90 Å². The standard InChI is InChI=1S/C14H13ClF5N/c15-14(5-7-1-3-21(14)4-2-7)6-8-9(16)11(18)13(20)12(19)10(8)17/h7H,1-6H2. The van der Waals surface area contributed by atoms with Crippen molar-refractivity contribution >= 4 is 11.6 Å². The molecule has 4 rings (SSSR count). The van der Waals surface area contributed by atoms with E-state index in [4.69, 9.17) is 11.6 Å². The summed E-state index contributed by atoms with van der Waals surface area (Å²) in [6.45, 7) is 1.37. The number of piperidine rings is 3. The molecule has 0 aromatic heterocycles. The van der Waals surface area contributed by atoms with E-state index < -0.39 is 46.1 Å². The van der Waals surface area contributed by atoms with Crippen molar-refractivity contribution in [2.45, 2.75) is 30.7 Å². The van der Waals surface area contributed by atoms with Crippen molar-refractivity contribution in [1.29, 1.82) is 0 Å². The molecule has 0 N–H and O–H groups in total. The van der Waals surface area contributed by atoms with Crippen LogP contribution < -0.4 is 0 Å². The zero-order valence-corrected chi connectivity index (χ0v) is 11.8. The normalized spacial score (nSPS) is 31.7. The summed E-state index contributed by atoms with van der Waals surface area (Å²) in [4.78, 5) is 0.798. The molecule has 0 aliphatic carbocycles. The highest BCUT2D eigenvalue weighted by atomic mass is 35.5. The van der Waals surface area contributed by atoms with Crippen LogP contribution in [0.25, 0.3) is 0 Å². The van der Waals surface area contributed by atoms with Gasteiger partial charge in [-0.15, -0.1) is 11.6 Å². The van der Waals surface area contributed by atoms with Gasteiger partial charge >= 0.3 is 0 Å². The smallest absolute Gasteiger partial charge is 0.200 e. The zero-order valence-electron chi connectivity index (χ0n) is 11.0. The Hall–Kier alpha value is -0.880. The Labute approximate surface area is 123 Å². The molecule has 2 bridgehead atoms. The molecule has 0 spiro atoms. The number of hydrogen-bond acceptors (Lipinski definition) is 1. The molecule has 21 heavy (non-hydrogen) atoms. The average molecular weight is 326 g/mol. The molecule has 1 unspecified atom stereocenters. The van der Waals surface area contributed by atoms with Gasteiger partial charge in [0.25, 0.3) is 0 Å². The van der Waals surface area contributed by atoms with Gasteiger partial charge in [-0.1, -0.05) is 0 Å². The van der Waals surface area contributed by atoms with E-state index in [0.717, 1.165) is 12.8 Å². The third kappa shape index (κ3) is 2.32. The summed E-state index contributed by atoms with van der Waals surface area (Å²) in [7, 11) is 0. The summed E-state index contributed by atoms with van der Waals surface area (Å²) >= 11 is 6.45. The molecule has 3 aliphatic heterocycles. The van der Waals surface area contributed by atoms with Crippen LogP contribution in [-0.4, -0.2) is 23.0 Å². The number of nitrogens with zero attached hydrogens (tertiary/aromatic N) is 1. The average Bonchev–Trinajstić information content (AvgIpc) is 2.48. The molecule has 3 fully saturated rings. The maximum atomic E-state index is 13.8. The van der Waals surface area contributed by atoms with Crippen molar-refractivity contribution in [2.75, 3.05) is 13.1 Å². The van der Waals surface area contributed by atoms with Gasteiger partial charge < -0.3 is 0 Å². The largest absolute Gasteiger partial charge is 0.285 e. The van der Waals surface area contributed by atoms with Crippen LogP contribution in [0, 0.1) is 35.0 Å². The van der Waals surface area contributed by atoms with E-state index in [1.54, 1.807) is 0 Å². The predicted octanol–water partition coefficient (Wildman–Crippen LogP) is 3.98. The van der Waals surface area contributed by atoms with Gasteiger partial charge in [0.2, 0.25) is 5.82 Å². The topological polar surface area (TPSA) is 3.24 Å². The molecule has 3 heterocycles. The van der Waals surface area contributed by atoms with Gasteiger partial charge in [0, 0.05) is 25.1 Å². The van der Waals surface area contributed by atoms with Gasteiger partial charge in [0.15, 0.2) is 23.3 Å². The fraction of sp³-hybridized carbons (Fsp3) is 0.571. The maximum Gasteiger partial charge on any atom is 0.200 e. The molecule has 7 heteroatoms. The summed E-state index contributed by atoms with van der Waals surface area (Å²) in [5.41, 5.74) is -0.825. The first-order chi connectivity index (χ1) is 9.83. The number of alkyl halides is 1. The highest BCUT2D eigenvalue weighted by Gasteiger charge is 2.46. The van der Waals surface area contributed by atoms with Crippen LogP contribution in [0.4, 0.5) is 22.0 Å². The lowest BCUT2D eigenvalue weighted by Crippen LogP contribution is -2.56. The fourth-order valence-corrected chi connectivity index (χ4v) is 3.89. The van der Waals surface area contributed by atoms with Crippen LogP contribution in [0.2, 0.25) is 0 Å². The minimum atomic E-state index is -2.14. The Kier molecular flexibility index (Phi) is 3.64. The maximum absolute atomic E-state index is 13.8. The van der Waals surface area contributed by atoms with Crippen molar-refractivity contribution in [3.8, 4) is 0 Å². The monoisotopic (exact) mass is 325 g/mol. The minimum absolute atomic E-state index is 0.341. The highest BCUT2D eigenvalue weighted by molar-refractivity contribution is 6.23. The molecule has 116 valence electrons. The second-order valence-corrected chi connectivity index (χ2v) is 6.48. The zero-order chi connectivity index (χ0) is 15.4. The number of halogens is 6. The summed E-state index contributed by atoms with van der Waals surface area (Å²) < 4.78 is 67.1. The third-order valence-electron chi connectivity index (χ3n) is 4.53. The molecule has 0 amide bonds. The van der Waals surface area contributed by atoms with E-state index in [0.29, 0.717) is 25.4 Å². The Bertz CT molecular complexity index is 556. The molecular weight excluding hydrogens is 313 g/mol. The summed E-state index contributed by atoms with van der Waals surface area (Å²) in [5.74, 6) is -9.19. The van der Waals surface area contributed by atoms with Gasteiger partial charge in [-0.05, 0) is 25.2 Å². The molecule has 1 atom stereocenters. The van der Waals surface area contributed by atoms with Gasteiger partial charge in [0.05, 0.1) is 0 Å². The van der Waals surface area contributed by atoms with Gasteiger partial charge in [0.1, 0.15) is 5.00 Å². The minimum Gasteiger partial charge on any atom is -0.285 e. The van der Waals surface area contributed by atoms with Crippen molar-refractivity contribution in [2.24, 2.45) is 5.92 Å². The van der Waals surface area contributed by atoms with E-state index >= 15 is 0 Å². The van der Waals surface area contributed by atoms with Crippen molar-refractivity contribution in [1.82, 2.24) is 4.90 Å². The van der Waals surface area contributed by atoms with Crippen LogP contribution in [0.5, 0.6) is 0 Å². The molecule has 3 aliphatic rings. The van der Waals surface area contributed by atoms with Gasteiger partial charge in [-0.2, -0.15) is 0 Å². The predicted molar refractivity (Wildman–Crippen MR) is 67.4 cm³/mol. The molecular formula is C14H13ClF5N. The van der Waals surface area contributed by atoms with Gasteiger partial charge in [-0.25, -0.2) is 22.0 Å². The van der Waals surface area contributed by atoms with Crippen molar-refractivity contribution < 1.29 is 22.0 Å². The Morgan fingerprint density at radius 1 is 0.905 bits per heavy atom. The SMILES string of the molecule is Fc1c(F)c(F)c(CC2(Cl)CC3CCN2CC3)c(F)c1F. The van der Waals surface area contributed by atoms with Crippen molar-refractivity contribution in [3.63, 3.8) is 0 Å². The molecule has 0 radical (unpaired) electrons. The van der Waals surface area contributed by atoms with E-state index in [1.165, 1.54) is 0 Å². The van der Waals surface area contributed by atoms with Crippen LogP contribution in [0.1, 0.15) is 24.8 Å². The summed E-state index contributed by atoms with van der Waals surface area (Å²) in [6, 6.07) is 0. The van der Waals surface area contributed by atoms with E-state index in [1.807, 2.05) is 4.90 Å². The first-order valence-electron chi connectivity index (χ1n) is 6.78. The number of hydrogen-bond donors (Lipinski definition) is 0. The lowest BCUT2D eigenvalue weighted by Gasteiger charge is -2.51. The van der Waals surface area contributed by atoms with Crippen LogP contribution in [-0.2, 0) is 6.42 Å². The summed E-state index contributed by atoms with van der Waals surface area (Å²) in [5, 5.41) is 0.